The highest BCUT2D eigenvalue weighted by Gasteiger charge is 2.33. The van der Waals surface area contributed by atoms with Gasteiger partial charge in [-0.15, -0.1) is 0 Å². The summed E-state index contributed by atoms with van der Waals surface area (Å²) in [6.07, 6.45) is 4.66. The molecule has 27 heavy (non-hydrogen) atoms. The average Bonchev–Trinajstić information content (AvgIpc) is 3.19. The van der Waals surface area contributed by atoms with Crippen molar-refractivity contribution in [1.82, 2.24) is 15.1 Å². The van der Waals surface area contributed by atoms with Gasteiger partial charge in [-0.3, -0.25) is 14.5 Å². The first kappa shape index (κ1) is 20.2. The van der Waals surface area contributed by atoms with Gasteiger partial charge in [0.15, 0.2) is 0 Å². The Hall–Kier alpha value is -1.57. The maximum atomic E-state index is 12.5. The molecule has 1 aromatic rings. The number of carbonyl (C=O) groups is 2. The van der Waals surface area contributed by atoms with Crippen molar-refractivity contribution in [2.75, 3.05) is 45.1 Å². The number of carbonyl (C=O) groups excluding carboxylic acids is 2. The minimum atomic E-state index is -0.154. The maximum Gasteiger partial charge on any atom is 0.252 e. The minimum absolute atomic E-state index is 0.0181. The number of nitrogens with one attached hydrogen (secondary N) is 2. The van der Waals surface area contributed by atoms with Gasteiger partial charge in [-0.05, 0) is 64.1 Å². The predicted molar refractivity (Wildman–Crippen MR) is 110 cm³/mol. The fraction of sp³-hybridized carbons (Fsp3) is 0.600. The van der Waals surface area contributed by atoms with E-state index in [0.717, 1.165) is 49.6 Å². The van der Waals surface area contributed by atoms with Gasteiger partial charge in [0, 0.05) is 23.5 Å². The van der Waals surface area contributed by atoms with Crippen LogP contribution >= 0.6 is 11.8 Å². The van der Waals surface area contributed by atoms with Crippen LogP contribution in [0.15, 0.2) is 23.1 Å². The predicted octanol–water partition coefficient (Wildman–Crippen LogP) is 2.61. The minimum Gasteiger partial charge on any atom is -0.351 e. The van der Waals surface area contributed by atoms with Crippen molar-refractivity contribution in [3.63, 3.8) is 0 Å². The molecule has 7 heteroatoms. The normalized spacial score (nSPS) is 19.8. The number of unbranched alkanes of at least 4 members (excludes halogenated alkanes) is 1. The van der Waals surface area contributed by atoms with Crippen molar-refractivity contribution in [3.8, 4) is 0 Å². The van der Waals surface area contributed by atoms with Crippen LogP contribution in [0.4, 0.5) is 5.69 Å². The van der Waals surface area contributed by atoms with E-state index in [4.69, 9.17) is 0 Å². The topological polar surface area (TPSA) is 64.7 Å². The van der Waals surface area contributed by atoms with Crippen LogP contribution in [-0.2, 0) is 4.79 Å². The van der Waals surface area contributed by atoms with Gasteiger partial charge >= 0.3 is 0 Å². The fourth-order valence-electron chi connectivity index (χ4n) is 3.46. The Morgan fingerprint density at radius 2 is 2.11 bits per heavy atom. The smallest absolute Gasteiger partial charge is 0.252 e. The molecule has 2 N–H and O–H groups in total. The number of nitrogens with zero attached hydrogens (tertiary/aromatic N) is 2. The molecular formula is C20H30N4O2S. The molecule has 0 radical (unpaired) electrons. The third-order valence-electron chi connectivity index (χ3n) is 5.11. The zero-order chi connectivity index (χ0) is 19.2. The molecule has 148 valence electrons. The SMILES string of the molecule is CCCCN(C)CCNC(=O)c1ccc2c(c1)NC(=O)C(N1CCCC1)S2. The number of anilines is 1. The van der Waals surface area contributed by atoms with Gasteiger partial charge in [-0.1, -0.05) is 25.1 Å². The summed E-state index contributed by atoms with van der Waals surface area (Å²) in [5.41, 5.74) is 1.33. The molecule has 0 bridgehead atoms. The van der Waals surface area contributed by atoms with Crippen molar-refractivity contribution < 1.29 is 9.59 Å². The quantitative estimate of drug-likeness (QED) is 0.714. The number of hydrogen-bond acceptors (Lipinski definition) is 5. The van der Waals surface area contributed by atoms with Crippen molar-refractivity contribution >= 4 is 29.3 Å². The van der Waals surface area contributed by atoms with Crippen molar-refractivity contribution in [3.05, 3.63) is 23.8 Å². The summed E-state index contributed by atoms with van der Waals surface area (Å²) in [6.45, 7) is 6.64. The molecule has 0 spiro atoms. The number of benzene rings is 1. The van der Waals surface area contributed by atoms with E-state index >= 15 is 0 Å². The molecule has 0 saturated carbocycles. The molecule has 2 aliphatic heterocycles. The number of rotatable bonds is 8. The average molecular weight is 391 g/mol. The molecule has 2 amide bonds. The van der Waals surface area contributed by atoms with Gasteiger partial charge < -0.3 is 15.5 Å². The van der Waals surface area contributed by atoms with E-state index in [9.17, 15) is 9.59 Å². The number of hydrogen-bond donors (Lipinski definition) is 2. The first-order chi connectivity index (χ1) is 13.1. The second-order valence-corrected chi connectivity index (χ2v) is 8.45. The molecule has 1 fully saturated rings. The van der Waals surface area contributed by atoms with Gasteiger partial charge in [0.05, 0.1) is 5.69 Å². The molecule has 1 saturated heterocycles. The molecule has 2 aliphatic rings. The van der Waals surface area contributed by atoms with Crippen molar-refractivity contribution in [1.29, 1.82) is 0 Å². The Morgan fingerprint density at radius 1 is 1.33 bits per heavy atom. The summed E-state index contributed by atoms with van der Waals surface area (Å²) in [4.78, 5) is 30.4. The lowest BCUT2D eigenvalue weighted by atomic mass is 10.2. The van der Waals surface area contributed by atoms with E-state index in [1.165, 1.54) is 12.8 Å². The van der Waals surface area contributed by atoms with Crippen LogP contribution in [0, 0.1) is 0 Å². The van der Waals surface area contributed by atoms with E-state index < -0.39 is 0 Å². The molecule has 0 aliphatic carbocycles. The van der Waals surface area contributed by atoms with E-state index in [1.807, 2.05) is 12.1 Å². The lowest BCUT2D eigenvalue weighted by Gasteiger charge is -2.30. The third kappa shape index (κ3) is 5.24. The van der Waals surface area contributed by atoms with Crippen LogP contribution in [0.1, 0.15) is 43.0 Å². The summed E-state index contributed by atoms with van der Waals surface area (Å²) in [7, 11) is 2.07. The molecule has 0 aromatic heterocycles. The zero-order valence-corrected chi connectivity index (χ0v) is 17.1. The van der Waals surface area contributed by atoms with Gasteiger partial charge in [0.25, 0.3) is 11.8 Å². The highest BCUT2D eigenvalue weighted by Crippen LogP contribution is 2.38. The van der Waals surface area contributed by atoms with E-state index in [0.29, 0.717) is 12.1 Å². The highest BCUT2D eigenvalue weighted by atomic mass is 32.2. The van der Waals surface area contributed by atoms with Crippen LogP contribution < -0.4 is 10.6 Å². The van der Waals surface area contributed by atoms with E-state index in [2.05, 4.69) is 34.4 Å². The summed E-state index contributed by atoms with van der Waals surface area (Å²) in [5, 5.41) is 5.81. The Bertz CT molecular complexity index is 676. The number of fused-ring (bicyclic) bond motifs is 1. The summed E-state index contributed by atoms with van der Waals surface area (Å²) >= 11 is 1.59. The monoisotopic (exact) mass is 390 g/mol. The number of likely N-dealkylation sites (N-methyl/N-ethyl adjacent to an activating group) is 1. The number of amides is 2. The fourth-order valence-corrected chi connectivity index (χ4v) is 4.61. The van der Waals surface area contributed by atoms with Crippen LogP contribution in [-0.4, -0.2) is 66.8 Å². The summed E-state index contributed by atoms with van der Waals surface area (Å²) in [6, 6.07) is 5.59. The Morgan fingerprint density at radius 3 is 2.85 bits per heavy atom. The first-order valence-electron chi connectivity index (χ1n) is 9.91. The van der Waals surface area contributed by atoms with Gasteiger partial charge in [-0.25, -0.2) is 0 Å². The van der Waals surface area contributed by atoms with Crippen LogP contribution in [0.5, 0.6) is 0 Å². The van der Waals surface area contributed by atoms with Crippen molar-refractivity contribution in [2.24, 2.45) is 0 Å². The van der Waals surface area contributed by atoms with Crippen LogP contribution in [0.2, 0.25) is 0 Å². The first-order valence-corrected chi connectivity index (χ1v) is 10.8. The Balaban J connectivity index is 1.55. The zero-order valence-electron chi connectivity index (χ0n) is 16.3. The Labute approximate surface area is 166 Å². The second-order valence-electron chi connectivity index (χ2n) is 7.33. The molecule has 1 unspecified atom stereocenters. The molecule has 2 heterocycles. The third-order valence-corrected chi connectivity index (χ3v) is 6.45. The second kappa shape index (κ2) is 9.57. The largest absolute Gasteiger partial charge is 0.351 e. The van der Waals surface area contributed by atoms with Gasteiger partial charge in [-0.2, -0.15) is 0 Å². The standard InChI is InChI=1S/C20H30N4O2S/c1-3-4-10-23(2)13-9-21-18(25)15-7-8-17-16(14-15)22-19(26)20(27-17)24-11-5-6-12-24/h7-8,14,20H,3-6,9-13H2,1-2H3,(H,21,25)(H,22,26). The number of likely N-dealkylation sites (tertiary alicyclic amines) is 1. The molecule has 6 nitrogen and oxygen atoms in total. The lowest BCUT2D eigenvalue weighted by Crippen LogP contribution is -2.42. The molecule has 3 rings (SSSR count). The lowest BCUT2D eigenvalue weighted by molar-refractivity contribution is -0.118. The summed E-state index contributed by atoms with van der Waals surface area (Å²) in [5.74, 6) is -0.0767. The van der Waals surface area contributed by atoms with E-state index in [1.54, 1.807) is 17.8 Å². The highest BCUT2D eigenvalue weighted by molar-refractivity contribution is 8.00. The van der Waals surface area contributed by atoms with Crippen LogP contribution in [0.25, 0.3) is 0 Å². The van der Waals surface area contributed by atoms with E-state index in [-0.39, 0.29) is 17.2 Å². The Kier molecular flexibility index (Phi) is 7.15. The molecular weight excluding hydrogens is 360 g/mol. The van der Waals surface area contributed by atoms with Gasteiger partial charge in [0.2, 0.25) is 0 Å². The van der Waals surface area contributed by atoms with Gasteiger partial charge in [0.1, 0.15) is 5.37 Å². The van der Waals surface area contributed by atoms with Crippen LogP contribution in [0.3, 0.4) is 0 Å². The number of thioether (sulfide) groups is 1. The van der Waals surface area contributed by atoms with Crippen molar-refractivity contribution in [2.45, 2.75) is 42.9 Å². The summed E-state index contributed by atoms with van der Waals surface area (Å²) < 4.78 is 0. The maximum absolute atomic E-state index is 12.5. The molecule has 1 aromatic carbocycles. The molecule has 1 atom stereocenters.